The van der Waals surface area contributed by atoms with E-state index in [9.17, 15) is 0 Å². The zero-order valence-corrected chi connectivity index (χ0v) is 6.12. The molecule has 5 nitrogen and oxygen atoms in total. The summed E-state index contributed by atoms with van der Waals surface area (Å²) in [4.78, 5) is 7.82. The molecule has 2 rings (SSSR count). The molecule has 2 aromatic heterocycles. The Kier molecular flexibility index (Phi) is 1.69. The number of hydrogen-bond donors (Lipinski definition) is 0. The van der Waals surface area contributed by atoms with Crippen LogP contribution in [0.1, 0.15) is 0 Å². The molecule has 0 bridgehead atoms. The van der Waals surface area contributed by atoms with Gasteiger partial charge < -0.3 is 0 Å². The van der Waals surface area contributed by atoms with Crippen LogP contribution in [0.4, 0.5) is 0 Å². The van der Waals surface area contributed by atoms with Gasteiger partial charge in [0.1, 0.15) is 6.33 Å². The van der Waals surface area contributed by atoms with Crippen LogP contribution in [0.3, 0.4) is 0 Å². The van der Waals surface area contributed by atoms with Crippen molar-refractivity contribution in [3.63, 3.8) is 0 Å². The minimum Gasteiger partial charge on any atom is -0.265 e. The smallest absolute Gasteiger partial charge is 0.185 e. The summed E-state index contributed by atoms with van der Waals surface area (Å²) in [7, 11) is 0. The fraction of sp³-hybridized carbons (Fsp3) is 0. The van der Waals surface area contributed by atoms with Crippen molar-refractivity contribution < 1.29 is 0 Å². The third-order valence-corrected chi connectivity index (χ3v) is 1.36. The van der Waals surface area contributed by atoms with Gasteiger partial charge in [0.15, 0.2) is 5.82 Å². The number of aromatic nitrogens is 5. The van der Waals surface area contributed by atoms with E-state index in [0.717, 1.165) is 5.56 Å². The van der Waals surface area contributed by atoms with Crippen LogP contribution in [0.5, 0.6) is 0 Å². The van der Waals surface area contributed by atoms with Crippen molar-refractivity contribution in [3.8, 4) is 11.4 Å². The Bertz CT molecular complexity index is 309. The molecule has 0 aromatic carbocycles. The highest BCUT2D eigenvalue weighted by molar-refractivity contribution is 5.51. The van der Waals surface area contributed by atoms with Gasteiger partial charge in [-0.05, 0) is 17.3 Å². The van der Waals surface area contributed by atoms with E-state index in [2.05, 4.69) is 25.4 Å². The SMILES string of the molecule is c1cc(-c2ncnnn2)ccn1. The van der Waals surface area contributed by atoms with E-state index in [0.29, 0.717) is 5.82 Å². The van der Waals surface area contributed by atoms with Crippen molar-refractivity contribution in [2.45, 2.75) is 0 Å². The van der Waals surface area contributed by atoms with Gasteiger partial charge in [-0.15, -0.1) is 10.2 Å². The molecule has 58 valence electrons. The molecule has 0 unspecified atom stereocenters. The topological polar surface area (TPSA) is 64.5 Å². The fourth-order valence-electron chi connectivity index (χ4n) is 0.831. The highest BCUT2D eigenvalue weighted by Crippen LogP contribution is 2.09. The van der Waals surface area contributed by atoms with Crippen LogP contribution >= 0.6 is 0 Å². The third-order valence-electron chi connectivity index (χ3n) is 1.36. The summed E-state index contributed by atoms with van der Waals surface area (Å²) in [6.45, 7) is 0. The average molecular weight is 159 g/mol. The van der Waals surface area contributed by atoms with E-state index in [1.165, 1.54) is 6.33 Å². The lowest BCUT2D eigenvalue weighted by Gasteiger charge is -1.93. The van der Waals surface area contributed by atoms with Crippen LogP contribution in [-0.2, 0) is 0 Å². The molecule has 0 spiro atoms. The highest BCUT2D eigenvalue weighted by Gasteiger charge is 1.97. The molecule has 0 saturated heterocycles. The lowest BCUT2D eigenvalue weighted by molar-refractivity contribution is 0.825. The van der Waals surface area contributed by atoms with Gasteiger partial charge in [-0.1, -0.05) is 0 Å². The summed E-state index contributed by atoms with van der Waals surface area (Å²) >= 11 is 0. The fourth-order valence-corrected chi connectivity index (χ4v) is 0.831. The first kappa shape index (κ1) is 6.78. The van der Waals surface area contributed by atoms with Gasteiger partial charge in [0.2, 0.25) is 0 Å². The van der Waals surface area contributed by atoms with Crippen molar-refractivity contribution in [3.05, 3.63) is 30.9 Å². The standard InChI is InChI=1S/C7H5N5/c1-3-8-4-2-6(1)7-9-5-10-12-11-7/h1-5H. The summed E-state index contributed by atoms with van der Waals surface area (Å²) in [6.07, 6.45) is 4.72. The Morgan fingerprint density at radius 2 is 1.92 bits per heavy atom. The van der Waals surface area contributed by atoms with Crippen LogP contribution in [0, 0.1) is 0 Å². The second-order valence-electron chi connectivity index (χ2n) is 2.11. The predicted octanol–water partition coefficient (Wildman–Crippen LogP) is 0.329. The van der Waals surface area contributed by atoms with Gasteiger partial charge in [-0.2, -0.15) is 0 Å². The molecule has 0 aliphatic rings. The Morgan fingerprint density at radius 3 is 2.58 bits per heavy atom. The van der Waals surface area contributed by atoms with Crippen LogP contribution in [0.25, 0.3) is 11.4 Å². The van der Waals surface area contributed by atoms with E-state index < -0.39 is 0 Å². The minimum absolute atomic E-state index is 0.562. The second kappa shape index (κ2) is 3.00. The quantitative estimate of drug-likeness (QED) is 0.599. The summed E-state index contributed by atoms with van der Waals surface area (Å²) in [5.74, 6) is 0.562. The van der Waals surface area contributed by atoms with Crippen molar-refractivity contribution >= 4 is 0 Å². The van der Waals surface area contributed by atoms with Crippen LogP contribution in [0.2, 0.25) is 0 Å². The highest BCUT2D eigenvalue weighted by atomic mass is 15.3. The van der Waals surface area contributed by atoms with Gasteiger partial charge in [-0.3, -0.25) is 4.98 Å². The molecule has 0 saturated carbocycles. The van der Waals surface area contributed by atoms with Gasteiger partial charge in [0.25, 0.3) is 0 Å². The van der Waals surface area contributed by atoms with E-state index in [4.69, 9.17) is 0 Å². The molecule has 0 radical (unpaired) electrons. The van der Waals surface area contributed by atoms with E-state index in [1.807, 2.05) is 12.1 Å². The monoisotopic (exact) mass is 159 g/mol. The van der Waals surface area contributed by atoms with Crippen molar-refractivity contribution in [2.75, 3.05) is 0 Å². The summed E-state index contributed by atoms with van der Waals surface area (Å²) in [5.41, 5.74) is 0.889. The number of nitrogens with zero attached hydrogens (tertiary/aromatic N) is 5. The molecule has 0 aliphatic heterocycles. The molecular formula is C7H5N5. The minimum atomic E-state index is 0.562. The largest absolute Gasteiger partial charge is 0.265 e. The van der Waals surface area contributed by atoms with Crippen LogP contribution in [-0.4, -0.2) is 25.4 Å². The lowest BCUT2D eigenvalue weighted by Crippen LogP contribution is -1.93. The third kappa shape index (κ3) is 1.24. The molecule has 0 amide bonds. The average Bonchev–Trinajstić information content (AvgIpc) is 2.21. The first-order valence-corrected chi connectivity index (χ1v) is 3.37. The first-order valence-electron chi connectivity index (χ1n) is 3.37. The van der Waals surface area contributed by atoms with Gasteiger partial charge in [-0.25, -0.2) is 4.98 Å². The maximum Gasteiger partial charge on any atom is 0.185 e. The van der Waals surface area contributed by atoms with Gasteiger partial charge in [0.05, 0.1) is 0 Å². The van der Waals surface area contributed by atoms with Gasteiger partial charge >= 0.3 is 0 Å². The Hall–Kier alpha value is -1.91. The zero-order chi connectivity index (χ0) is 8.23. The number of rotatable bonds is 1. The molecular weight excluding hydrogens is 154 g/mol. The van der Waals surface area contributed by atoms with Crippen LogP contribution in [0.15, 0.2) is 30.9 Å². The molecule has 0 aliphatic carbocycles. The molecule has 2 aromatic rings. The Balaban J connectivity index is 2.46. The van der Waals surface area contributed by atoms with Crippen molar-refractivity contribution in [1.82, 2.24) is 25.4 Å². The summed E-state index contributed by atoms with van der Waals surface area (Å²) in [6, 6.07) is 3.63. The predicted molar refractivity (Wildman–Crippen MR) is 40.9 cm³/mol. The van der Waals surface area contributed by atoms with Crippen molar-refractivity contribution in [2.24, 2.45) is 0 Å². The number of hydrogen-bond acceptors (Lipinski definition) is 5. The Morgan fingerprint density at radius 1 is 1.08 bits per heavy atom. The van der Waals surface area contributed by atoms with E-state index in [-0.39, 0.29) is 0 Å². The van der Waals surface area contributed by atoms with Gasteiger partial charge in [0, 0.05) is 18.0 Å². The first-order chi connectivity index (χ1) is 5.97. The van der Waals surface area contributed by atoms with Crippen LogP contribution < -0.4 is 0 Å². The summed E-state index contributed by atoms with van der Waals surface area (Å²) in [5, 5.41) is 10.7. The second-order valence-corrected chi connectivity index (χ2v) is 2.11. The van der Waals surface area contributed by atoms with Crippen molar-refractivity contribution in [1.29, 1.82) is 0 Å². The molecule has 0 N–H and O–H groups in total. The molecule has 2 heterocycles. The lowest BCUT2D eigenvalue weighted by atomic mass is 10.2. The molecule has 5 heteroatoms. The normalized spacial score (nSPS) is 9.67. The zero-order valence-electron chi connectivity index (χ0n) is 6.12. The maximum atomic E-state index is 3.94. The van der Waals surface area contributed by atoms with E-state index >= 15 is 0 Å². The molecule has 0 fully saturated rings. The maximum absolute atomic E-state index is 3.94. The van der Waals surface area contributed by atoms with E-state index in [1.54, 1.807) is 12.4 Å². The molecule has 0 atom stereocenters. The Labute approximate surface area is 68.5 Å². The number of pyridine rings is 1. The molecule has 12 heavy (non-hydrogen) atoms. The summed E-state index contributed by atoms with van der Waals surface area (Å²) < 4.78 is 0.